The summed E-state index contributed by atoms with van der Waals surface area (Å²) in [5.41, 5.74) is 0. The van der Waals surface area contributed by atoms with Crippen molar-refractivity contribution in [1.82, 2.24) is 0 Å². The molecule has 0 heterocycles. The highest BCUT2D eigenvalue weighted by molar-refractivity contribution is 4.48. The van der Waals surface area contributed by atoms with Gasteiger partial charge in [-0.25, -0.2) is 0 Å². The van der Waals surface area contributed by atoms with E-state index in [2.05, 4.69) is 35.0 Å². The maximum atomic E-state index is 11.3. The SMILES string of the molecule is CCCCCCCCCCCC[N+](C)(C)C.CCCCCCCCCCCC[N+](C)(C)[O-].[Cl-]. The highest BCUT2D eigenvalue weighted by Crippen LogP contribution is 2.12. The minimum Gasteiger partial charge on any atom is -1.00 e. The fourth-order valence-electron chi connectivity index (χ4n) is 4.05. The summed E-state index contributed by atoms with van der Waals surface area (Å²) in [5, 5.41) is 11.3. The van der Waals surface area contributed by atoms with Crippen molar-refractivity contribution in [3.63, 3.8) is 0 Å². The van der Waals surface area contributed by atoms with Crippen LogP contribution in [0.4, 0.5) is 0 Å². The highest BCUT2D eigenvalue weighted by Gasteiger charge is 2.05. The molecule has 0 atom stereocenters. The molecule has 0 aliphatic heterocycles. The normalized spacial score (nSPS) is 11.6. The smallest absolute Gasteiger partial charge is 0.0780 e. The van der Waals surface area contributed by atoms with Crippen LogP contribution in [0.25, 0.3) is 0 Å². The average molecular weight is 493 g/mol. The van der Waals surface area contributed by atoms with Crippen molar-refractivity contribution in [3.8, 4) is 0 Å². The van der Waals surface area contributed by atoms with Crippen LogP contribution >= 0.6 is 0 Å². The molecule has 0 aromatic rings. The van der Waals surface area contributed by atoms with Crippen LogP contribution < -0.4 is 12.4 Å². The van der Waals surface area contributed by atoms with Crippen molar-refractivity contribution in [2.45, 2.75) is 142 Å². The van der Waals surface area contributed by atoms with Crippen LogP contribution in [-0.4, -0.2) is 57.5 Å². The number of nitrogens with zero attached hydrogens (tertiary/aromatic N) is 2. The van der Waals surface area contributed by atoms with Gasteiger partial charge < -0.3 is 26.7 Å². The van der Waals surface area contributed by atoms with E-state index in [1.54, 1.807) is 14.1 Å². The summed E-state index contributed by atoms with van der Waals surface area (Å²) in [6.45, 7) is 6.65. The van der Waals surface area contributed by atoms with E-state index >= 15 is 0 Å². The number of rotatable bonds is 22. The minimum absolute atomic E-state index is 0. The van der Waals surface area contributed by atoms with E-state index in [-0.39, 0.29) is 17.1 Å². The molecule has 0 spiro atoms. The number of quaternary nitrogens is 2. The molecule has 0 N–H and O–H groups in total. The maximum absolute atomic E-state index is 11.3. The molecule has 0 saturated carbocycles. The van der Waals surface area contributed by atoms with Gasteiger partial charge in [-0.3, -0.25) is 0 Å². The van der Waals surface area contributed by atoms with Crippen molar-refractivity contribution in [2.75, 3.05) is 48.3 Å². The first-order valence-corrected chi connectivity index (χ1v) is 14.5. The molecule has 0 unspecified atom stereocenters. The summed E-state index contributed by atoms with van der Waals surface area (Å²) in [4.78, 5) is 0. The summed E-state index contributed by atoms with van der Waals surface area (Å²) in [6.07, 6.45) is 27.8. The molecule has 0 rings (SSSR count). The Hall–Kier alpha value is 0.170. The van der Waals surface area contributed by atoms with Gasteiger partial charge in [0, 0.05) is 0 Å². The first kappa shape index (κ1) is 37.7. The predicted molar refractivity (Wildman–Crippen MR) is 147 cm³/mol. The second kappa shape index (κ2) is 26.8. The third-order valence-electron chi connectivity index (χ3n) is 6.23. The van der Waals surface area contributed by atoms with Gasteiger partial charge in [0.25, 0.3) is 0 Å². The van der Waals surface area contributed by atoms with Crippen molar-refractivity contribution in [2.24, 2.45) is 0 Å². The molecule has 33 heavy (non-hydrogen) atoms. The number of unbranched alkanes of at least 4 members (excludes halogenated alkanes) is 18. The molecule has 0 fully saturated rings. The molecule has 0 aromatic heterocycles. The van der Waals surface area contributed by atoms with Crippen molar-refractivity contribution >= 4 is 0 Å². The molecule has 3 nitrogen and oxygen atoms in total. The standard InChI is InChI=1S/C15H34N.C14H31NO.ClH/c1-5-6-7-8-9-10-11-12-13-14-15-16(2,3)4;1-4-5-6-7-8-9-10-11-12-13-14-15(2,3)16;/h5-15H2,1-4H3;4-14H2,1-3H3;1H/q+1;;/p-1. The Morgan fingerprint density at radius 2 is 0.636 bits per heavy atom. The van der Waals surface area contributed by atoms with Gasteiger partial charge in [0.1, 0.15) is 0 Å². The van der Waals surface area contributed by atoms with Gasteiger partial charge in [-0.2, -0.15) is 0 Å². The Morgan fingerprint density at radius 3 is 0.879 bits per heavy atom. The van der Waals surface area contributed by atoms with Gasteiger partial charge in [0.05, 0.1) is 48.3 Å². The van der Waals surface area contributed by atoms with Gasteiger partial charge in [-0.15, -0.1) is 0 Å². The fraction of sp³-hybridized carbons (Fsp3) is 1.00. The Balaban J connectivity index is -0.000000529. The van der Waals surface area contributed by atoms with E-state index in [1.807, 2.05) is 0 Å². The fourth-order valence-corrected chi connectivity index (χ4v) is 4.05. The van der Waals surface area contributed by atoms with Gasteiger partial charge in [0.15, 0.2) is 0 Å². The Morgan fingerprint density at radius 1 is 0.394 bits per heavy atom. The lowest BCUT2D eigenvalue weighted by Gasteiger charge is -2.33. The van der Waals surface area contributed by atoms with Crippen LogP contribution in [0.5, 0.6) is 0 Å². The van der Waals surface area contributed by atoms with E-state index in [4.69, 9.17) is 0 Å². The van der Waals surface area contributed by atoms with Crippen molar-refractivity contribution < 1.29 is 21.5 Å². The van der Waals surface area contributed by atoms with Crippen LogP contribution in [0.2, 0.25) is 0 Å². The van der Waals surface area contributed by atoms with Gasteiger partial charge >= 0.3 is 0 Å². The Bertz CT molecular complexity index is 317. The number of hydrogen-bond acceptors (Lipinski definition) is 1. The molecule has 0 radical (unpaired) electrons. The molecule has 0 aliphatic carbocycles. The lowest BCUT2D eigenvalue weighted by atomic mass is 10.1. The van der Waals surface area contributed by atoms with Crippen molar-refractivity contribution in [3.05, 3.63) is 5.21 Å². The first-order chi connectivity index (χ1) is 15.1. The summed E-state index contributed by atoms with van der Waals surface area (Å²) in [5.74, 6) is 0. The van der Waals surface area contributed by atoms with E-state index in [0.29, 0.717) is 0 Å². The molecular weight excluding hydrogens is 428 g/mol. The number of hydrogen-bond donors (Lipinski definition) is 0. The Labute approximate surface area is 217 Å². The molecule has 0 amide bonds. The van der Waals surface area contributed by atoms with Crippen LogP contribution in [0, 0.1) is 5.21 Å². The maximum Gasteiger partial charge on any atom is 0.0780 e. The third-order valence-corrected chi connectivity index (χ3v) is 6.23. The van der Waals surface area contributed by atoms with Crippen LogP contribution in [0.15, 0.2) is 0 Å². The molecule has 0 aromatic carbocycles. The molecule has 4 heteroatoms. The summed E-state index contributed by atoms with van der Waals surface area (Å²) >= 11 is 0. The number of hydroxylamine groups is 3. The molecule has 0 aliphatic rings. The van der Waals surface area contributed by atoms with Crippen LogP contribution in [0.1, 0.15) is 142 Å². The zero-order valence-electron chi connectivity index (χ0n) is 24.2. The van der Waals surface area contributed by atoms with Crippen LogP contribution in [-0.2, 0) is 0 Å². The van der Waals surface area contributed by atoms with E-state index in [1.165, 1.54) is 129 Å². The second-order valence-electron chi connectivity index (χ2n) is 11.7. The first-order valence-electron chi connectivity index (χ1n) is 14.5. The zero-order chi connectivity index (χ0) is 24.6. The quantitative estimate of drug-likeness (QED) is 0.102. The molecular formula is C29H65ClN2O. The molecule has 0 bridgehead atoms. The summed E-state index contributed by atoms with van der Waals surface area (Å²) < 4.78 is 0.994. The summed E-state index contributed by atoms with van der Waals surface area (Å²) in [6, 6.07) is 0. The molecule has 204 valence electrons. The average Bonchev–Trinajstić information content (AvgIpc) is 2.70. The molecule has 0 saturated heterocycles. The van der Waals surface area contributed by atoms with Gasteiger partial charge in [-0.05, 0) is 25.7 Å². The van der Waals surface area contributed by atoms with Crippen LogP contribution in [0.3, 0.4) is 0 Å². The third kappa shape index (κ3) is 42.8. The minimum atomic E-state index is -0.128. The topological polar surface area (TPSA) is 23.1 Å². The van der Waals surface area contributed by atoms with E-state index in [0.717, 1.165) is 17.4 Å². The second-order valence-corrected chi connectivity index (χ2v) is 11.7. The van der Waals surface area contributed by atoms with Gasteiger partial charge in [0.2, 0.25) is 0 Å². The largest absolute Gasteiger partial charge is 1.00 e. The zero-order valence-corrected chi connectivity index (χ0v) is 25.0. The lowest BCUT2D eigenvalue weighted by molar-refractivity contribution is -0.870. The monoisotopic (exact) mass is 492 g/mol. The predicted octanol–water partition coefficient (Wildman–Crippen LogP) is 6.10. The lowest BCUT2D eigenvalue weighted by Crippen LogP contribution is -3.00. The summed E-state index contributed by atoms with van der Waals surface area (Å²) in [7, 11) is 10.3. The Kier molecular flexibility index (Phi) is 30.6. The van der Waals surface area contributed by atoms with E-state index in [9.17, 15) is 5.21 Å². The van der Waals surface area contributed by atoms with Gasteiger partial charge in [-0.1, -0.05) is 117 Å². The number of halogens is 1. The van der Waals surface area contributed by atoms with E-state index < -0.39 is 0 Å². The van der Waals surface area contributed by atoms with Crippen molar-refractivity contribution in [1.29, 1.82) is 0 Å². The highest BCUT2D eigenvalue weighted by atomic mass is 35.5.